The van der Waals surface area contributed by atoms with Crippen molar-refractivity contribution in [1.29, 1.82) is 5.26 Å². The normalized spacial score (nSPS) is 10.1. The molecule has 1 aromatic carbocycles. The third kappa shape index (κ3) is 2.57. The summed E-state index contributed by atoms with van der Waals surface area (Å²) in [6, 6.07) is 9.83. The first kappa shape index (κ1) is 12.7. The molecule has 4 heteroatoms. The third-order valence-electron chi connectivity index (χ3n) is 2.89. The molecule has 0 amide bonds. The number of nitrogens with zero attached hydrogens (tertiary/aromatic N) is 2. The maximum atomic E-state index is 8.89. The van der Waals surface area contributed by atoms with Crippen LogP contribution in [0.25, 0.3) is 0 Å². The summed E-state index contributed by atoms with van der Waals surface area (Å²) >= 11 is 3.40. The zero-order valence-corrected chi connectivity index (χ0v) is 11.9. The Bertz CT molecular complexity index is 598. The van der Waals surface area contributed by atoms with Gasteiger partial charge in [-0.25, -0.2) is 0 Å². The minimum atomic E-state index is 0.645. The molecule has 0 aliphatic heterocycles. The summed E-state index contributed by atoms with van der Waals surface area (Å²) in [6.45, 7) is 2.73. The van der Waals surface area contributed by atoms with Crippen LogP contribution in [0, 0.1) is 18.3 Å². The lowest BCUT2D eigenvalue weighted by molar-refractivity contribution is 0.529. The Labute approximate surface area is 115 Å². The highest BCUT2D eigenvalue weighted by atomic mass is 79.9. The van der Waals surface area contributed by atoms with Gasteiger partial charge in [0.1, 0.15) is 11.8 Å². The van der Waals surface area contributed by atoms with E-state index in [9.17, 15) is 0 Å². The summed E-state index contributed by atoms with van der Waals surface area (Å²) in [5, 5.41) is 8.89. The van der Waals surface area contributed by atoms with E-state index in [1.165, 1.54) is 0 Å². The summed E-state index contributed by atoms with van der Waals surface area (Å²) in [4.78, 5) is 2.11. The standard InChI is InChI=1S/C14H13BrN2O/c1-10-12(5-6-18-10)9-17(2)13-4-3-11(8-16)14(15)7-13/h3-7H,9H2,1-2H3. The fourth-order valence-corrected chi connectivity index (χ4v) is 2.21. The van der Waals surface area contributed by atoms with E-state index in [0.29, 0.717) is 5.56 Å². The lowest BCUT2D eigenvalue weighted by Gasteiger charge is -2.19. The fourth-order valence-electron chi connectivity index (χ4n) is 1.75. The van der Waals surface area contributed by atoms with E-state index in [1.54, 1.807) is 6.26 Å². The number of hydrogen-bond donors (Lipinski definition) is 0. The summed E-state index contributed by atoms with van der Waals surface area (Å²) in [6.07, 6.45) is 1.70. The average molecular weight is 305 g/mol. The van der Waals surface area contributed by atoms with E-state index in [2.05, 4.69) is 26.9 Å². The van der Waals surface area contributed by atoms with Crippen molar-refractivity contribution >= 4 is 21.6 Å². The Morgan fingerprint density at radius 1 is 1.39 bits per heavy atom. The van der Waals surface area contributed by atoms with E-state index in [1.807, 2.05) is 38.2 Å². The Hall–Kier alpha value is -1.73. The summed E-state index contributed by atoms with van der Waals surface area (Å²) in [5.41, 5.74) is 2.87. The van der Waals surface area contributed by atoms with Crippen LogP contribution < -0.4 is 4.90 Å². The van der Waals surface area contributed by atoms with Gasteiger partial charge in [-0.3, -0.25) is 0 Å². The smallest absolute Gasteiger partial charge is 0.105 e. The second-order valence-electron chi connectivity index (χ2n) is 4.13. The van der Waals surface area contributed by atoms with Gasteiger partial charge >= 0.3 is 0 Å². The average Bonchev–Trinajstić information content (AvgIpc) is 2.75. The number of anilines is 1. The number of halogens is 1. The molecule has 0 saturated heterocycles. The van der Waals surface area contributed by atoms with Crippen LogP contribution in [0.4, 0.5) is 5.69 Å². The largest absolute Gasteiger partial charge is 0.469 e. The first-order valence-corrected chi connectivity index (χ1v) is 6.35. The summed E-state index contributed by atoms with van der Waals surface area (Å²) < 4.78 is 6.10. The monoisotopic (exact) mass is 304 g/mol. The van der Waals surface area contributed by atoms with Crippen LogP contribution in [0.1, 0.15) is 16.9 Å². The predicted octanol–water partition coefficient (Wildman–Crippen LogP) is 3.86. The van der Waals surface area contributed by atoms with E-state index >= 15 is 0 Å². The van der Waals surface area contributed by atoms with Crippen molar-refractivity contribution in [2.45, 2.75) is 13.5 Å². The van der Waals surface area contributed by atoms with E-state index in [-0.39, 0.29) is 0 Å². The van der Waals surface area contributed by atoms with Gasteiger partial charge in [-0.1, -0.05) is 0 Å². The molecular weight excluding hydrogens is 292 g/mol. The molecule has 0 unspecified atom stereocenters. The maximum absolute atomic E-state index is 8.89. The highest BCUT2D eigenvalue weighted by Gasteiger charge is 2.08. The minimum absolute atomic E-state index is 0.645. The van der Waals surface area contributed by atoms with Crippen molar-refractivity contribution in [3.63, 3.8) is 0 Å². The third-order valence-corrected chi connectivity index (χ3v) is 3.54. The maximum Gasteiger partial charge on any atom is 0.105 e. The molecule has 2 rings (SSSR count). The molecule has 3 nitrogen and oxygen atoms in total. The van der Waals surface area contributed by atoms with E-state index in [4.69, 9.17) is 9.68 Å². The van der Waals surface area contributed by atoms with E-state index < -0.39 is 0 Å². The minimum Gasteiger partial charge on any atom is -0.469 e. The SMILES string of the molecule is Cc1occc1CN(C)c1ccc(C#N)c(Br)c1. The van der Waals surface area contributed by atoms with Crippen LogP contribution in [0.2, 0.25) is 0 Å². The van der Waals surface area contributed by atoms with Gasteiger partial charge in [-0.05, 0) is 47.1 Å². The first-order chi connectivity index (χ1) is 8.61. The number of furan rings is 1. The van der Waals surface area contributed by atoms with E-state index in [0.717, 1.165) is 28.0 Å². The molecule has 0 saturated carbocycles. The fraction of sp³-hybridized carbons (Fsp3) is 0.214. The molecule has 2 aromatic rings. The Morgan fingerprint density at radius 2 is 2.17 bits per heavy atom. The number of hydrogen-bond acceptors (Lipinski definition) is 3. The molecule has 0 N–H and O–H groups in total. The lowest BCUT2D eigenvalue weighted by atomic mass is 10.2. The second-order valence-corrected chi connectivity index (χ2v) is 4.99. The highest BCUT2D eigenvalue weighted by Crippen LogP contribution is 2.24. The van der Waals surface area contributed by atoms with Gasteiger partial charge in [0.15, 0.2) is 0 Å². The van der Waals surface area contributed by atoms with Crippen molar-refractivity contribution in [2.24, 2.45) is 0 Å². The summed E-state index contributed by atoms with van der Waals surface area (Å²) in [5.74, 6) is 0.939. The van der Waals surface area contributed by atoms with Crippen molar-refractivity contribution < 1.29 is 4.42 Å². The molecule has 1 aromatic heterocycles. The topological polar surface area (TPSA) is 40.2 Å². The van der Waals surface area contributed by atoms with Gasteiger partial charge in [-0.2, -0.15) is 5.26 Å². The molecule has 0 bridgehead atoms. The Kier molecular flexibility index (Phi) is 3.73. The van der Waals surface area contributed by atoms with Crippen LogP contribution in [-0.2, 0) is 6.54 Å². The van der Waals surface area contributed by atoms with Crippen molar-refractivity contribution in [3.8, 4) is 6.07 Å². The quantitative estimate of drug-likeness (QED) is 0.864. The highest BCUT2D eigenvalue weighted by molar-refractivity contribution is 9.10. The van der Waals surface area contributed by atoms with Gasteiger partial charge in [0.05, 0.1) is 11.8 Å². The van der Waals surface area contributed by atoms with Gasteiger partial charge in [0.2, 0.25) is 0 Å². The zero-order valence-electron chi connectivity index (χ0n) is 10.3. The Morgan fingerprint density at radius 3 is 2.72 bits per heavy atom. The lowest BCUT2D eigenvalue weighted by Crippen LogP contribution is -2.16. The molecule has 0 aliphatic rings. The van der Waals surface area contributed by atoms with Gasteiger partial charge in [-0.15, -0.1) is 0 Å². The van der Waals surface area contributed by atoms with Crippen LogP contribution in [0.15, 0.2) is 39.4 Å². The van der Waals surface area contributed by atoms with Crippen molar-refractivity contribution in [1.82, 2.24) is 0 Å². The molecule has 0 spiro atoms. The van der Waals surface area contributed by atoms with Gasteiger partial charge in [0.25, 0.3) is 0 Å². The second kappa shape index (κ2) is 5.28. The van der Waals surface area contributed by atoms with Crippen LogP contribution >= 0.6 is 15.9 Å². The molecule has 0 radical (unpaired) electrons. The Balaban J connectivity index is 2.19. The molecule has 18 heavy (non-hydrogen) atoms. The summed E-state index contributed by atoms with van der Waals surface area (Å²) in [7, 11) is 2.01. The zero-order chi connectivity index (χ0) is 13.1. The van der Waals surface area contributed by atoms with Crippen LogP contribution in [0.5, 0.6) is 0 Å². The number of nitriles is 1. The van der Waals surface area contributed by atoms with Crippen molar-refractivity contribution in [3.05, 3.63) is 51.9 Å². The van der Waals surface area contributed by atoms with Crippen molar-refractivity contribution in [2.75, 3.05) is 11.9 Å². The number of benzene rings is 1. The van der Waals surface area contributed by atoms with Gasteiger partial charge < -0.3 is 9.32 Å². The molecule has 0 atom stereocenters. The first-order valence-electron chi connectivity index (χ1n) is 5.55. The number of aryl methyl sites for hydroxylation is 1. The van der Waals surface area contributed by atoms with Gasteiger partial charge in [0, 0.05) is 29.3 Å². The van der Waals surface area contributed by atoms with Crippen LogP contribution in [-0.4, -0.2) is 7.05 Å². The molecular formula is C14H13BrN2O. The van der Waals surface area contributed by atoms with Crippen LogP contribution in [0.3, 0.4) is 0 Å². The molecule has 1 heterocycles. The predicted molar refractivity (Wildman–Crippen MR) is 74.4 cm³/mol. The molecule has 0 fully saturated rings. The molecule has 92 valence electrons. The molecule has 0 aliphatic carbocycles. The number of rotatable bonds is 3.